The number of hydrogen-bond donors (Lipinski definition) is 1. The van der Waals surface area contributed by atoms with Crippen LogP contribution in [-0.2, 0) is 0 Å². The van der Waals surface area contributed by atoms with E-state index in [0.29, 0.717) is 5.92 Å². The predicted octanol–water partition coefficient (Wildman–Crippen LogP) is 1.45. The highest BCUT2D eigenvalue weighted by Crippen LogP contribution is 2.40. The van der Waals surface area contributed by atoms with E-state index in [1.54, 1.807) is 0 Å². The molecule has 2 N–H and O–H groups in total. The molecule has 1 aliphatic rings. The zero-order valence-corrected chi connectivity index (χ0v) is 6.93. The lowest BCUT2D eigenvalue weighted by atomic mass is 10.2. The summed E-state index contributed by atoms with van der Waals surface area (Å²) in [4.78, 5) is 14.1. The summed E-state index contributed by atoms with van der Waals surface area (Å²) >= 11 is 0. The molecule has 0 aliphatic heterocycles. The number of rotatable bonds is 2. The fourth-order valence-corrected chi connectivity index (χ4v) is 1.25. The molecule has 1 aromatic rings. The van der Waals surface area contributed by atoms with Gasteiger partial charge in [0.2, 0.25) is 0 Å². The Hall–Kier alpha value is -1.65. The van der Waals surface area contributed by atoms with Gasteiger partial charge in [-0.3, -0.25) is 10.1 Å². The lowest BCUT2D eigenvalue weighted by Crippen LogP contribution is -1.97. The molecular weight excluding hydrogens is 170 g/mol. The average molecular weight is 179 g/mol. The van der Waals surface area contributed by atoms with E-state index >= 15 is 0 Å². The number of pyridine rings is 1. The lowest BCUT2D eigenvalue weighted by molar-refractivity contribution is -0.384. The number of nitrogens with two attached hydrogens (primary N) is 1. The zero-order chi connectivity index (χ0) is 9.42. The van der Waals surface area contributed by atoms with Gasteiger partial charge in [-0.1, -0.05) is 0 Å². The Labute approximate surface area is 74.7 Å². The van der Waals surface area contributed by atoms with Crippen molar-refractivity contribution in [2.75, 3.05) is 5.73 Å². The molecule has 2 rings (SSSR count). The van der Waals surface area contributed by atoms with Gasteiger partial charge < -0.3 is 5.73 Å². The number of hydrogen-bond acceptors (Lipinski definition) is 4. The first-order valence-corrected chi connectivity index (χ1v) is 4.08. The summed E-state index contributed by atoms with van der Waals surface area (Å²) in [6.07, 6.45) is 2.13. The van der Waals surface area contributed by atoms with Crippen LogP contribution in [0.3, 0.4) is 0 Å². The zero-order valence-electron chi connectivity index (χ0n) is 6.93. The van der Waals surface area contributed by atoms with Crippen LogP contribution < -0.4 is 5.73 Å². The quantitative estimate of drug-likeness (QED) is 0.550. The van der Waals surface area contributed by atoms with E-state index in [1.807, 2.05) is 0 Å². The first-order chi connectivity index (χ1) is 6.16. The average Bonchev–Trinajstić information content (AvgIpc) is 2.85. The van der Waals surface area contributed by atoms with Crippen LogP contribution in [-0.4, -0.2) is 9.91 Å². The Kier molecular flexibility index (Phi) is 1.65. The third kappa shape index (κ3) is 1.58. The Bertz CT molecular complexity index is 360. The van der Waals surface area contributed by atoms with Crippen molar-refractivity contribution in [3.63, 3.8) is 0 Å². The van der Waals surface area contributed by atoms with Gasteiger partial charge in [0.15, 0.2) is 0 Å². The second-order valence-corrected chi connectivity index (χ2v) is 3.21. The van der Waals surface area contributed by atoms with E-state index in [4.69, 9.17) is 5.73 Å². The third-order valence-corrected chi connectivity index (χ3v) is 2.06. The van der Waals surface area contributed by atoms with E-state index in [9.17, 15) is 10.1 Å². The van der Waals surface area contributed by atoms with Gasteiger partial charge in [-0.25, -0.2) is 4.98 Å². The van der Waals surface area contributed by atoms with Gasteiger partial charge in [-0.15, -0.1) is 0 Å². The lowest BCUT2D eigenvalue weighted by Gasteiger charge is -1.99. The number of nitrogen functional groups attached to an aromatic ring is 1. The number of nitrogens with zero attached hydrogens (tertiary/aromatic N) is 2. The smallest absolute Gasteiger partial charge is 0.274 e. The maximum absolute atomic E-state index is 10.5. The summed E-state index contributed by atoms with van der Waals surface area (Å²) in [6.45, 7) is 0. The molecule has 1 aromatic heterocycles. The van der Waals surface area contributed by atoms with Gasteiger partial charge in [0.25, 0.3) is 5.69 Å². The summed E-state index contributed by atoms with van der Waals surface area (Å²) < 4.78 is 0. The predicted molar refractivity (Wildman–Crippen MR) is 47.3 cm³/mol. The molecule has 5 heteroatoms. The van der Waals surface area contributed by atoms with Gasteiger partial charge in [0.1, 0.15) is 5.82 Å². The molecule has 5 nitrogen and oxygen atoms in total. The largest absolute Gasteiger partial charge is 0.383 e. The molecule has 68 valence electrons. The minimum Gasteiger partial charge on any atom is -0.383 e. The molecule has 0 bridgehead atoms. The van der Waals surface area contributed by atoms with Crippen LogP contribution in [0.4, 0.5) is 11.5 Å². The maximum Gasteiger partial charge on any atom is 0.274 e. The molecule has 1 saturated carbocycles. The highest BCUT2D eigenvalue weighted by atomic mass is 16.6. The fourth-order valence-electron chi connectivity index (χ4n) is 1.25. The summed E-state index contributed by atoms with van der Waals surface area (Å²) in [7, 11) is 0. The molecule has 0 saturated heterocycles. The normalized spacial score (nSPS) is 15.7. The van der Waals surface area contributed by atoms with Gasteiger partial charge in [0.05, 0.1) is 16.7 Å². The highest BCUT2D eigenvalue weighted by Gasteiger charge is 2.27. The second kappa shape index (κ2) is 2.69. The molecule has 1 fully saturated rings. The molecule has 0 aromatic carbocycles. The van der Waals surface area contributed by atoms with Gasteiger partial charge in [0, 0.05) is 12.0 Å². The van der Waals surface area contributed by atoms with Crippen molar-refractivity contribution < 1.29 is 4.92 Å². The van der Waals surface area contributed by atoms with E-state index in [1.165, 1.54) is 12.1 Å². The first-order valence-electron chi connectivity index (χ1n) is 4.08. The standard InChI is InChI=1S/C8H9N3O2/c9-8-4-6(11(12)13)3-7(10-8)5-1-2-5/h3-5H,1-2H2,(H2,9,10). The Morgan fingerprint density at radius 1 is 1.54 bits per heavy atom. The van der Waals surface area contributed by atoms with Crippen molar-refractivity contribution in [2.24, 2.45) is 0 Å². The number of nitro groups is 1. The Morgan fingerprint density at radius 2 is 2.23 bits per heavy atom. The highest BCUT2D eigenvalue weighted by molar-refractivity contribution is 5.44. The first kappa shape index (κ1) is 7.97. The van der Waals surface area contributed by atoms with Gasteiger partial charge in [-0.2, -0.15) is 0 Å². The number of anilines is 1. The maximum atomic E-state index is 10.5. The minimum atomic E-state index is -0.441. The molecule has 0 radical (unpaired) electrons. The molecule has 0 spiro atoms. The molecule has 1 heterocycles. The van der Waals surface area contributed by atoms with E-state index in [-0.39, 0.29) is 11.5 Å². The summed E-state index contributed by atoms with van der Waals surface area (Å²) in [6, 6.07) is 2.79. The summed E-state index contributed by atoms with van der Waals surface area (Å²) in [5, 5.41) is 10.5. The van der Waals surface area contributed by atoms with Crippen LogP contribution in [0.15, 0.2) is 12.1 Å². The Balaban J connectivity index is 2.41. The van der Waals surface area contributed by atoms with Crippen molar-refractivity contribution in [3.8, 4) is 0 Å². The van der Waals surface area contributed by atoms with E-state index in [2.05, 4.69) is 4.98 Å². The van der Waals surface area contributed by atoms with Gasteiger partial charge >= 0.3 is 0 Å². The van der Waals surface area contributed by atoms with Crippen molar-refractivity contribution in [3.05, 3.63) is 27.9 Å². The summed E-state index contributed by atoms with van der Waals surface area (Å²) in [5.74, 6) is 0.623. The van der Waals surface area contributed by atoms with Crippen LogP contribution in [0.5, 0.6) is 0 Å². The molecular formula is C8H9N3O2. The van der Waals surface area contributed by atoms with E-state index < -0.39 is 4.92 Å². The van der Waals surface area contributed by atoms with Crippen molar-refractivity contribution in [2.45, 2.75) is 18.8 Å². The van der Waals surface area contributed by atoms with Crippen LogP contribution in [0, 0.1) is 10.1 Å². The Morgan fingerprint density at radius 3 is 2.77 bits per heavy atom. The van der Waals surface area contributed by atoms with Crippen molar-refractivity contribution in [1.82, 2.24) is 4.98 Å². The van der Waals surface area contributed by atoms with E-state index in [0.717, 1.165) is 18.5 Å². The van der Waals surface area contributed by atoms with Gasteiger partial charge in [-0.05, 0) is 12.8 Å². The summed E-state index contributed by atoms with van der Waals surface area (Å²) in [5.41, 5.74) is 6.24. The molecule has 0 unspecified atom stereocenters. The fraction of sp³-hybridized carbons (Fsp3) is 0.375. The number of aromatic nitrogens is 1. The third-order valence-electron chi connectivity index (χ3n) is 2.06. The molecule has 0 atom stereocenters. The van der Waals surface area contributed by atoms with Crippen molar-refractivity contribution >= 4 is 11.5 Å². The molecule has 1 aliphatic carbocycles. The van der Waals surface area contributed by atoms with Crippen LogP contribution in [0.2, 0.25) is 0 Å². The topological polar surface area (TPSA) is 82.0 Å². The minimum absolute atomic E-state index is 0.0365. The second-order valence-electron chi connectivity index (χ2n) is 3.21. The van der Waals surface area contributed by atoms with Crippen LogP contribution in [0.25, 0.3) is 0 Å². The molecule has 0 amide bonds. The SMILES string of the molecule is Nc1cc([N+](=O)[O-])cc(C2CC2)n1. The monoisotopic (exact) mass is 179 g/mol. The van der Waals surface area contributed by atoms with Crippen molar-refractivity contribution in [1.29, 1.82) is 0 Å². The van der Waals surface area contributed by atoms with Crippen LogP contribution >= 0.6 is 0 Å². The molecule has 13 heavy (non-hydrogen) atoms. The van der Waals surface area contributed by atoms with Crippen LogP contribution in [0.1, 0.15) is 24.5 Å².